The van der Waals surface area contributed by atoms with Gasteiger partial charge >= 0.3 is 0 Å². The quantitative estimate of drug-likeness (QED) is 0.928. The van der Waals surface area contributed by atoms with Crippen LogP contribution < -0.4 is 5.32 Å². The Balaban J connectivity index is 1.93. The fraction of sp³-hybridized carbons (Fsp3) is 0.462. The monoisotopic (exact) mass is 314 g/mol. The highest BCUT2D eigenvalue weighted by atomic mass is 79.9. The summed E-state index contributed by atoms with van der Waals surface area (Å²) in [4.78, 5) is 13.2. The van der Waals surface area contributed by atoms with Crippen LogP contribution in [0.25, 0.3) is 0 Å². The van der Waals surface area contributed by atoms with Crippen LogP contribution in [0, 0.1) is 5.82 Å². The highest BCUT2D eigenvalue weighted by Crippen LogP contribution is 2.21. The molecule has 1 aromatic carbocycles. The van der Waals surface area contributed by atoms with Crippen LogP contribution in [0.15, 0.2) is 22.7 Å². The summed E-state index contributed by atoms with van der Waals surface area (Å²) >= 11 is 3.37. The minimum absolute atomic E-state index is 0.0183. The maximum atomic E-state index is 13.0. The van der Waals surface area contributed by atoms with E-state index in [1.165, 1.54) is 12.1 Å². The molecule has 18 heavy (non-hydrogen) atoms. The van der Waals surface area contributed by atoms with Crippen LogP contribution in [-0.4, -0.2) is 29.9 Å². The molecule has 1 aromatic rings. The lowest BCUT2D eigenvalue weighted by molar-refractivity contribution is -0.119. The van der Waals surface area contributed by atoms with Crippen molar-refractivity contribution in [1.82, 2.24) is 10.2 Å². The lowest BCUT2D eigenvalue weighted by Gasteiger charge is -2.17. The van der Waals surface area contributed by atoms with Crippen LogP contribution in [0.1, 0.15) is 18.9 Å². The number of hydrogen-bond acceptors (Lipinski definition) is 2. The van der Waals surface area contributed by atoms with Crippen molar-refractivity contribution < 1.29 is 9.18 Å². The summed E-state index contributed by atoms with van der Waals surface area (Å²) in [6, 6.07) is 4.99. The molecule has 0 radical (unpaired) electrons. The zero-order valence-corrected chi connectivity index (χ0v) is 11.8. The van der Waals surface area contributed by atoms with E-state index in [4.69, 9.17) is 0 Å². The lowest BCUT2D eigenvalue weighted by atomic mass is 10.2. The number of nitrogens with zero attached hydrogens (tertiary/aromatic N) is 1. The second-order valence-corrected chi connectivity index (χ2v) is 5.51. The number of carbonyl (C=O) groups is 1. The fourth-order valence-electron chi connectivity index (χ4n) is 2.27. The van der Waals surface area contributed by atoms with Gasteiger partial charge in [-0.05, 0) is 24.1 Å². The highest BCUT2D eigenvalue weighted by molar-refractivity contribution is 9.10. The molecule has 1 fully saturated rings. The third-order valence-corrected chi connectivity index (χ3v) is 3.83. The summed E-state index contributed by atoms with van der Waals surface area (Å²) in [6.07, 6.45) is 0.971. The summed E-state index contributed by atoms with van der Waals surface area (Å²) in [5.74, 6) is -0.215. The molecule has 0 saturated carbocycles. The molecule has 1 heterocycles. The van der Waals surface area contributed by atoms with Gasteiger partial charge in [-0.25, -0.2) is 4.39 Å². The first-order chi connectivity index (χ1) is 8.54. The molecule has 1 saturated heterocycles. The van der Waals surface area contributed by atoms with E-state index in [2.05, 4.69) is 26.1 Å². The molecule has 0 bridgehead atoms. The smallest absolute Gasteiger partial charge is 0.217 e. The number of likely N-dealkylation sites (tertiary alicyclic amines) is 1. The van der Waals surface area contributed by atoms with E-state index >= 15 is 0 Å². The van der Waals surface area contributed by atoms with Gasteiger partial charge in [0.1, 0.15) is 5.82 Å². The van der Waals surface area contributed by atoms with Crippen molar-refractivity contribution in [3.05, 3.63) is 34.1 Å². The Morgan fingerprint density at radius 1 is 1.61 bits per heavy atom. The zero-order valence-electron chi connectivity index (χ0n) is 10.2. The van der Waals surface area contributed by atoms with Gasteiger partial charge in [-0.15, -0.1) is 0 Å². The van der Waals surface area contributed by atoms with Crippen LogP contribution in [0.2, 0.25) is 0 Å². The molecule has 0 aromatic heterocycles. The first kappa shape index (κ1) is 13.5. The SMILES string of the molecule is CC(=O)NC1CCN(Cc2ccc(F)cc2Br)C1. The molecule has 1 atom stereocenters. The first-order valence-electron chi connectivity index (χ1n) is 5.98. The Bertz CT molecular complexity index is 453. The van der Waals surface area contributed by atoms with E-state index in [-0.39, 0.29) is 17.8 Å². The molecule has 1 N–H and O–H groups in total. The van der Waals surface area contributed by atoms with Crippen LogP contribution in [0.4, 0.5) is 4.39 Å². The van der Waals surface area contributed by atoms with Gasteiger partial charge in [0.15, 0.2) is 0 Å². The van der Waals surface area contributed by atoms with Gasteiger partial charge < -0.3 is 5.32 Å². The number of amides is 1. The number of rotatable bonds is 3. The van der Waals surface area contributed by atoms with Gasteiger partial charge in [0.25, 0.3) is 0 Å². The molecule has 1 amide bonds. The minimum Gasteiger partial charge on any atom is -0.352 e. The molecule has 5 heteroatoms. The standard InChI is InChI=1S/C13H16BrFN2O/c1-9(18)16-12-4-5-17(8-12)7-10-2-3-11(15)6-13(10)14/h2-3,6,12H,4-5,7-8H2,1H3,(H,16,18). The van der Waals surface area contributed by atoms with E-state index in [1.807, 2.05) is 0 Å². The van der Waals surface area contributed by atoms with Crippen LogP contribution in [0.5, 0.6) is 0 Å². The normalized spacial score (nSPS) is 20.1. The zero-order chi connectivity index (χ0) is 13.1. The predicted octanol–water partition coefficient (Wildman–Crippen LogP) is 2.30. The molecular formula is C13H16BrFN2O. The largest absolute Gasteiger partial charge is 0.352 e. The van der Waals surface area contributed by atoms with E-state index in [1.54, 1.807) is 13.0 Å². The lowest BCUT2D eigenvalue weighted by Crippen LogP contribution is -2.35. The van der Waals surface area contributed by atoms with Crippen molar-refractivity contribution in [2.45, 2.75) is 25.9 Å². The van der Waals surface area contributed by atoms with Crippen LogP contribution >= 0.6 is 15.9 Å². The van der Waals surface area contributed by atoms with Gasteiger partial charge in [-0.3, -0.25) is 9.69 Å². The van der Waals surface area contributed by atoms with Crippen molar-refractivity contribution in [3.8, 4) is 0 Å². The number of nitrogens with one attached hydrogen (secondary N) is 1. The molecule has 1 aliphatic rings. The Labute approximate surface area is 114 Å². The molecule has 1 unspecified atom stereocenters. The molecule has 3 nitrogen and oxygen atoms in total. The topological polar surface area (TPSA) is 32.3 Å². The summed E-state index contributed by atoms with van der Waals surface area (Å²) in [5, 5.41) is 2.93. The minimum atomic E-state index is -0.233. The third-order valence-electron chi connectivity index (χ3n) is 3.09. The van der Waals surface area contributed by atoms with Gasteiger partial charge in [0, 0.05) is 37.1 Å². The predicted molar refractivity (Wildman–Crippen MR) is 71.6 cm³/mol. The molecular weight excluding hydrogens is 299 g/mol. The summed E-state index contributed by atoms with van der Waals surface area (Å²) in [6.45, 7) is 4.12. The van der Waals surface area contributed by atoms with Gasteiger partial charge in [0.05, 0.1) is 0 Å². The Hall–Kier alpha value is -0.940. The molecule has 0 spiro atoms. The third kappa shape index (κ3) is 3.53. The van der Waals surface area contributed by atoms with Gasteiger partial charge in [-0.2, -0.15) is 0 Å². The molecule has 2 rings (SSSR count). The van der Waals surface area contributed by atoms with Crippen molar-refractivity contribution in [2.75, 3.05) is 13.1 Å². The molecule has 98 valence electrons. The first-order valence-corrected chi connectivity index (χ1v) is 6.77. The van der Waals surface area contributed by atoms with Crippen molar-refractivity contribution in [1.29, 1.82) is 0 Å². The maximum absolute atomic E-state index is 13.0. The number of benzene rings is 1. The van der Waals surface area contributed by atoms with Gasteiger partial charge in [-0.1, -0.05) is 22.0 Å². The molecule has 0 aliphatic carbocycles. The summed E-state index contributed by atoms with van der Waals surface area (Å²) in [7, 11) is 0. The number of hydrogen-bond donors (Lipinski definition) is 1. The van der Waals surface area contributed by atoms with E-state index in [0.29, 0.717) is 0 Å². The van der Waals surface area contributed by atoms with Crippen molar-refractivity contribution in [2.24, 2.45) is 0 Å². The summed E-state index contributed by atoms with van der Waals surface area (Å²) < 4.78 is 13.8. The van der Waals surface area contributed by atoms with Crippen LogP contribution in [-0.2, 0) is 11.3 Å². The van der Waals surface area contributed by atoms with E-state index in [0.717, 1.165) is 36.1 Å². The van der Waals surface area contributed by atoms with Crippen LogP contribution in [0.3, 0.4) is 0 Å². The summed E-state index contributed by atoms with van der Waals surface area (Å²) in [5.41, 5.74) is 1.07. The maximum Gasteiger partial charge on any atom is 0.217 e. The van der Waals surface area contributed by atoms with Crippen molar-refractivity contribution >= 4 is 21.8 Å². The second kappa shape index (κ2) is 5.80. The Morgan fingerprint density at radius 2 is 2.39 bits per heavy atom. The second-order valence-electron chi connectivity index (χ2n) is 4.66. The Kier molecular flexibility index (Phi) is 4.35. The van der Waals surface area contributed by atoms with E-state index in [9.17, 15) is 9.18 Å². The fourth-order valence-corrected chi connectivity index (χ4v) is 2.75. The highest BCUT2D eigenvalue weighted by Gasteiger charge is 2.23. The van der Waals surface area contributed by atoms with Crippen molar-refractivity contribution in [3.63, 3.8) is 0 Å². The van der Waals surface area contributed by atoms with E-state index < -0.39 is 0 Å². The van der Waals surface area contributed by atoms with Gasteiger partial charge in [0.2, 0.25) is 5.91 Å². The number of halogens is 2. The molecule has 1 aliphatic heterocycles. The average molecular weight is 315 g/mol. The number of carbonyl (C=O) groups excluding carboxylic acids is 1. The Morgan fingerprint density at radius 3 is 3.06 bits per heavy atom. The average Bonchev–Trinajstić information content (AvgIpc) is 2.69.